The van der Waals surface area contributed by atoms with Gasteiger partial charge < -0.3 is 34.9 Å². The number of hydrogen-bond donors (Lipinski definition) is 6. The molecule has 0 aliphatic rings. The molecule has 1 aromatic carbocycles. The topological polar surface area (TPSA) is 215 Å². The maximum absolute atomic E-state index is 13.4. The quantitative estimate of drug-likeness (QED) is 0.0773. The number of rotatable bonds is 18. The number of Topliss-reactive ketones (excluding diaryl/α,β-unsaturated/α-hetero) is 1. The lowest BCUT2D eigenvalue weighted by Gasteiger charge is -2.31. The number of nitrogens with one attached hydrogen (secondary N) is 2. The maximum atomic E-state index is 13.4. The Bertz CT molecular complexity index is 1160. The predicted octanol–water partition coefficient (Wildman–Crippen LogP) is 3.05. The number of ketones is 1. The van der Waals surface area contributed by atoms with E-state index >= 15 is 0 Å². The third-order valence-electron chi connectivity index (χ3n) is 7.01. The van der Waals surface area contributed by atoms with Gasteiger partial charge in [0.05, 0.1) is 6.04 Å². The average molecular weight is 649 g/mol. The molecule has 0 aliphatic heterocycles. The summed E-state index contributed by atoms with van der Waals surface area (Å²) in [5.41, 5.74) is 0.813. The van der Waals surface area contributed by atoms with Crippen molar-refractivity contribution in [2.45, 2.75) is 71.4 Å². The molecule has 0 bridgehead atoms. The van der Waals surface area contributed by atoms with E-state index in [9.17, 15) is 43.1 Å². The van der Waals surface area contributed by atoms with E-state index in [4.69, 9.17) is 4.74 Å². The molecule has 244 valence electrons. The zero-order valence-corrected chi connectivity index (χ0v) is 27.3. The zero-order valence-electron chi connectivity index (χ0n) is 25.5. The van der Waals surface area contributed by atoms with Gasteiger partial charge in [-0.3, -0.25) is 23.7 Å². The van der Waals surface area contributed by atoms with Crippen LogP contribution >= 0.6 is 15.2 Å². The Morgan fingerprint density at radius 3 is 2.16 bits per heavy atom. The smallest absolute Gasteiger partial charge is 0.408 e. The van der Waals surface area contributed by atoms with Gasteiger partial charge in [-0.1, -0.05) is 64.4 Å². The molecule has 0 saturated heterocycles. The molecule has 0 aliphatic carbocycles. The van der Waals surface area contributed by atoms with Crippen molar-refractivity contribution in [2.24, 2.45) is 22.9 Å². The van der Waals surface area contributed by atoms with Crippen LogP contribution in [0.25, 0.3) is 0 Å². The van der Waals surface area contributed by atoms with Crippen molar-refractivity contribution in [1.82, 2.24) is 15.6 Å². The summed E-state index contributed by atoms with van der Waals surface area (Å²) in [4.78, 5) is 73.2. The van der Waals surface area contributed by atoms with Crippen molar-refractivity contribution in [3.8, 4) is 0 Å². The summed E-state index contributed by atoms with van der Waals surface area (Å²) in [6.07, 6.45) is 2.12. The second kappa shape index (κ2) is 17.0. The van der Waals surface area contributed by atoms with E-state index in [1.54, 1.807) is 0 Å². The highest BCUT2D eigenvalue weighted by Gasteiger charge is 2.56. The van der Waals surface area contributed by atoms with E-state index in [1.807, 2.05) is 58.0 Å². The number of nitrogens with zero attached hydrogens (tertiary/aromatic N) is 2. The molecule has 6 N–H and O–H groups in total. The Kier molecular flexibility index (Phi) is 15.2. The van der Waals surface area contributed by atoms with Gasteiger partial charge in [-0.05, 0) is 30.7 Å². The summed E-state index contributed by atoms with van der Waals surface area (Å²) >= 11 is 0. The lowest BCUT2D eigenvalue weighted by atomic mass is 9.87. The van der Waals surface area contributed by atoms with Crippen LogP contribution in [0.3, 0.4) is 0 Å². The second-order valence-corrected chi connectivity index (χ2v) is 15.8. The van der Waals surface area contributed by atoms with Gasteiger partial charge in [0.15, 0.2) is 10.7 Å². The molecule has 0 fully saturated rings. The summed E-state index contributed by atoms with van der Waals surface area (Å²) in [5.74, 6) is -1.27. The Labute approximate surface area is 253 Å². The Balaban J connectivity index is 2.86. The van der Waals surface area contributed by atoms with E-state index in [2.05, 4.69) is 15.7 Å². The number of alkyl carbamates (subject to hydrolysis) is 1. The fourth-order valence-electron chi connectivity index (χ4n) is 4.01. The molecule has 0 spiro atoms. The first-order valence-corrected chi connectivity index (χ1v) is 17.2. The first kappa shape index (κ1) is 38.4. The van der Waals surface area contributed by atoms with E-state index in [-0.39, 0.29) is 43.1 Å². The normalized spacial score (nSPS) is 14.7. The average Bonchev–Trinajstić information content (AvgIpc) is 2.90. The van der Waals surface area contributed by atoms with E-state index in [0.29, 0.717) is 19.8 Å². The van der Waals surface area contributed by atoms with Gasteiger partial charge in [0.1, 0.15) is 13.2 Å². The van der Waals surface area contributed by atoms with Crippen LogP contribution in [-0.2, 0) is 30.1 Å². The lowest BCUT2D eigenvalue weighted by Crippen LogP contribution is -2.46. The number of hydrazone groups is 1. The van der Waals surface area contributed by atoms with Crippen LogP contribution in [0.5, 0.6) is 0 Å². The number of carbonyl (C=O) groups excluding carboxylic acids is 3. The second-order valence-electron chi connectivity index (χ2n) is 11.3. The molecule has 2 amide bonds. The highest BCUT2D eigenvalue weighted by atomic mass is 31.2. The van der Waals surface area contributed by atoms with E-state index in [0.717, 1.165) is 5.56 Å². The van der Waals surface area contributed by atoms with Crippen LogP contribution in [0.1, 0.15) is 59.4 Å². The molecule has 0 heterocycles. The SMILES string of the molecule is CC[C@@H](C)[C@@H](NC(=O)OCc1ccccc1)C(=O)C[C@H](/C=N/N(C)CC(=O)NCC(C)(P(=O)(O)O)P(=O)(O)O)CC(C)C. The minimum absolute atomic E-state index is 0.0640. The van der Waals surface area contributed by atoms with Crippen molar-refractivity contribution in [1.29, 1.82) is 0 Å². The molecule has 0 radical (unpaired) electrons. The Morgan fingerprint density at radius 2 is 1.65 bits per heavy atom. The standard InChI is InChI=1S/C27H46N4O10P2/c1-7-20(4)25(30-26(34)41-17-21-11-9-8-10-12-21)23(32)14-22(13-19(2)3)15-29-31(6)16-24(33)28-18-27(5,42(35,36)37)43(38,39)40/h8-12,15,19-20,22,25H,7,13-14,16-18H2,1-6H3,(H,28,33)(H,30,34)(H2,35,36,37)(H2,38,39,40)/b29-15+/t20-,22-,25-/m1/s1. The van der Waals surface area contributed by atoms with Gasteiger partial charge in [0, 0.05) is 32.1 Å². The van der Waals surface area contributed by atoms with Gasteiger partial charge >= 0.3 is 21.3 Å². The van der Waals surface area contributed by atoms with E-state index in [1.165, 1.54) is 18.3 Å². The number of amides is 2. The van der Waals surface area contributed by atoms with E-state index < -0.39 is 44.7 Å². The van der Waals surface area contributed by atoms with Crippen LogP contribution in [0.2, 0.25) is 0 Å². The third-order valence-corrected chi connectivity index (χ3v) is 11.4. The number of ether oxygens (including phenoxy) is 1. The van der Waals surface area contributed by atoms with Crippen LogP contribution in [0.15, 0.2) is 35.4 Å². The third kappa shape index (κ3) is 12.9. The van der Waals surface area contributed by atoms with Crippen LogP contribution in [0, 0.1) is 17.8 Å². The summed E-state index contributed by atoms with van der Waals surface area (Å²) in [5, 5.41) is 10.3. The van der Waals surface area contributed by atoms with Crippen molar-refractivity contribution in [3.63, 3.8) is 0 Å². The highest BCUT2D eigenvalue weighted by molar-refractivity contribution is 7.72. The molecule has 1 rings (SSSR count). The zero-order chi connectivity index (χ0) is 33.0. The Hall–Kier alpha value is -2.60. The molecular formula is C27H46N4O10P2. The van der Waals surface area contributed by atoms with Crippen molar-refractivity contribution >= 4 is 39.2 Å². The first-order chi connectivity index (χ1) is 19.8. The minimum atomic E-state index is -5.29. The van der Waals surface area contributed by atoms with Crippen molar-refractivity contribution in [2.75, 3.05) is 20.1 Å². The lowest BCUT2D eigenvalue weighted by molar-refractivity contribution is -0.123. The molecular weight excluding hydrogens is 602 g/mol. The van der Waals surface area contributed by atoms with Gasteiger partial charge in [-0.25, -0.2) is 4.79 Å². The molecule has 14 nitrogen and oxygen atoms in total. The molecule has 3 atom stereocenters. The number of carbonyl (C=O) groups is 3. The van der Waals surface area contributed by atoms with Gasteiger partial charge in [-0.15, -0.1) is 0 Å². The molecule has 16 heteroatoms. The predicted molar refractivity (Wildman–Crippen MR) is 162 cm³/mol. The Morgan fingerprint density at radius 1 is 1.07 bits per heavy atom. The van der Waals surface area contributed by atoms with Crippen LogP contribution in [-0.4, -0.2) is 79.7 Å². The molecule has 43 heavy (non-hydrogen) atoms. The van der Waals surface area contributed by atoms with Gasteiger partial charge in [0.2, 0.25) is 5.91 Å². The fraction of sp³-hybridized carbons (Fsp3) is 0.630. The van der Waals surface area contributed by atoms with Crippen LogP contribution in [0.4, 0.5) is 4.79 Å². The number of benzene rings is 1. The first-order valence-electron chi connectivity index (χ1n) is 13.9. The van der Waals surface area contributed by atoms with Crippen molar-refractivity contribution in [3.05, 3.63) is 35.9 Å². The number of hydrogen-bond acceptors (Lipinski definition) is 8. The summed E-state index contributed by atoms with van der Waals surface area (Å²) in [6, 6.07) is 8.38. The minimum Gasteiger partial charge on any atom is -0.445 e. The molecule has 0 aromatic heterocycles. The van der Waals surface area contributed by atoms with Gasteiger partial charge in [-0.2, -0.15) is 5.10 Å². The molecule has 1 aromatic rings. The number of likely N-dealkylation sites (N-methyl/N-ethyl adjacent to an activating group) is 1. The van der Waals surface area contributed by atoms with Crippen molar-refractivity contribution < 1.29 is 47.8 Å². The van der Waals surface area contributed by atoms with Crippen LogP contribution < -0.4 is 10.6 Å². The largest absolute Gasteiger partial charge is 0.445 e. The maximum Gasteiger partial charge on any atom is 0.408 e. The molecule has 0 saturated carbocycles. The highest BCUT2D eigenvalue weighted by Crippen LogP contribution is 2.68. The summed E-state index contributed by atoms with van der Waals surface area (Å²) < 4.78 is 28.7. The summed E-state index contributed by atoms with van der Waals surface area (Å²) in [7, 11) is -9.11. The fourth-order valence-corrected chi connectivity index (χ4v) is 5.94. The summed E-state index contributed by atoms with van der Waals surface area (Å²) in [6.45, 7) is 7.16. The van der Waals surface area contributed by atoms with Gasteiger partial charge in [0.25, 0.3) is 0 Å². The molecule has 0 unspecified atom stereocenters. The monoisotopic (exact) mass is 648 g/mol.